The number of carbonyl (C=O) groups is 2. The number of amides is 1. The highest BCUT2D eigenvalue weighted by Gasteiger charge is 2.66. The third-order valence-corrected chi connectivity index (χ3v) is 3.26. The second-order valence-corrected chi connectivity index (χ2v) is 4.77. The summed E-state index contributed by atoms with van der Waals surface area (Å²) in [6.07, 6.45) is 0. The minimum Gasteiger partial charge on any atom is -0.481 e. The molecule has 1 fully saturated rings. The van der Waals surface area contributed by atoms with Gasteiger partial charge in [-0.15, -0.1) is 5.10 Å². The lowest BCUT2D eigenvalue weighted by atomic mass is 10.1. The first kappa shape index (κ1) is 12.3. The Bertz CT molecular complexity index is 496. The Kier molecular flexibility index (Phi) is 2.72. The van der Waals surface area contributed by atoms with Gasteiger partial charge in [-0.25, -0.2) is 5.10 Å². The zero-order chi connectivity index (χ0) is 13.5. The molecule has 18 heavy (non-hydrogen) atoms. The average Bonchev–Trinajstić information content (AvgIpc) is 2.67. The molecule has 0 aromatic carbocycles. The minimum absolute atomic E-state index is 0.107. The van der Waals surface area contributed by atoms with E-state index >= 15 is 0 Å². The highest BCUT2D eigenvalue weighted by atomic mass is 16.5. The standard InChI is InChI=1S/C10H14N4O4/c1-10(2)4(5(10)7(16)17)6(15)11-8-12-9(18-3)14-13-8/h4-5H,1-3H3,(H,16,17)(H2,11,12,13,14,15). The van der Waals surface area contributed by atoms with E-state index in [1.54, 1.807) is 13.8 Å². The van der Waals surface area contributed by atoms with E-state index in [-0.39, 0.29) is 17.9 Å². The van der Waals surface area contributed by atoms with Gasteiger partial charge < -0.3 is 9.84 Å². The van der Waals surface area contributed by atoms with Crippen molar-refractivity contribution in [3.8, 4) is 6.01 Å². The van der Waals surface area contributed by atoms with Crippen LogP contribution in [0.2, 0.25) is 0 Å². The highest BCUT2D eigenvalue weighted by Crippen LogP contribution is 2.58. The zero-order valence-corrected chi connectivity index (χ0v) is 10.2. The van der Waals surface area contributed by atoms with Crippen molar-refractivity contribution in [2.24, 2.45) is 17.3 Å². The van der Waals surface area contributed by atoms with Crippen LogP contribution in [0.15, 0.2) is 0 Å². The topological polar surface area (TPSA) is 117 Å². The van der Waals surface area contributed by atoms with Crippen LogP contribution in [0.25, 0.3) is 0 Å². The van der Waals surface area contributed by atoms with Gasteiger partial charge in [0, 0.05) is 0 Å². The van der Waals surface area contributed by atoms with Gasteiger partial charge >= 0.3 is 12.0 Å². The van der Waals surface area contributed by atoms with E-state index in [1.165, 1.54) is 7.11 Å². The maximum atomic E-state index is 11.9. The fourth-order valence-electron chi connectivity index (χ4n) is 2.18. The summed E-state index contributed by atoms with van der Waals surface area (Å²) in [5, 5.41) is 17.6. The van der Waals surface area contributed by atoms with Crippen LogP contribution in [0.4, 0.5) is 5.95 Å². The molecule has 8 nitrogen and oxygen atoms in total. The second-order valence-electron chi connectivity index (χ2n) is 4.77. The van der Waals surface area contributed by atoms with Crippen molar-refractivity contribution in [1.29, 1.82) is 0 Å². The summed E-state index contributed by atoms with van der Waals surface area (Å²) in [4.78, 5) is 26.7. The predicted molar refractivity (Wildman–Crippen MR) is 60.0 cm³/mol. The summed E-state index contributed by atoms with van der Waals surface area (Å²) < 4.78 is 4.75. The van der Waals surface area contributed by atoms with Crippen molar-refractivity contribution in [2.45, 2.75) is 13.8 Å². The van der Waals surface area contributed by atoms with Gasteiger partial charge in [0.05, 0.1) is 18.9 Å². The summed E-state index contributed by atoms with van der Waals surface area (Å²) in [6.45, 7) is 3.49. The molecule has 0 aliphatic heterocycles. The first-order valence-electron chi connectivity index (χ1n) is 5.38. The van der Waals surface area contributed by atoms with Gasteiger partial charge in [0.2, 0.25) is 11.9 Å². The lowest BCUT2D eigenvalue weighted by molar-refractivity contribution is -0.140. The van der Waals surface area contributed by atoms with Gasteiger partial charge in [-0.05, 0) is 5.41 Å². The second kappa shape index (κ2) is 3.97. The van der Waals surface area contributed by atoms with E-state index in [0.29, 0.717) is 0 Å². The van der Waals surface area contributed by atoms with Crippen molar-refractivity contribution in [2.75, 3.05) is 12.4 Å². The maximum Gasteiger partial charge on any atom is 0.336 e. The van der Waals surface area contributed by atoms with Crippen LogP contribution < -0.4 is 10.1 Å². The summed E-state index contributed by atoms with van der Waals surface area (Å²) in [6, 6.07) is 0.107. The summed E-state index contributed by atoms with van der Waals surface area (Å²) in [5.41, 5.74) is -0.542. The summed E-state index contributed by atoms with van der Waals surface area (Å²) in [7, 11) is 1.40. The zero-order valence-electron chi connectivity index (χ0n) is 10.2. The van der Waals surface area contributed by atoms with Crippen LogP contribution in [-0.2, 0) is 9.59 Å². The number of carboxylic acid groups (broad SMARTS) is 1. The molecule has 2 unspecified atom stereocenters. The number of rotatable bonds is 4. The van der Waals surface area contributed by atoms with Crippen molar-refractivity contribution in [3.63, 3.8) is 0 Å². The van der Waals surface area contributed by atoms with E-state index in [0.717, 1.165) is 0 Å². The van der Waals surface area contributed by atoms with Crippen LogP contribution in [0.5, 0.6) is 6.01 Å². The molecule has 0 saturated heterocycles. The molecule has 2 rings (SSSR count). The normalized spacial score (nSPS) is 24.4. The summed E-state index contributed by atoms with van der Waals surface area (Å²) in [5.74, 6) is -2.43. The lowest BCUT2D eigenvalue weighted by Crippen LogP contribution is -2.18. The largest absolute Gasteiger partial charge is 0.481 e. The van der Waals surface area contributed by atoms with Crippen molar-refractivity contribution in [1.82, 2.24) is 15.2 Å². The molecular formula is C10H14N4O4. The molecule has 1 aromatic heterocycles. The number of hydrogen-bond acceptors (Lipinski definition) is 5. The van der Waals surface area contributed by atoms with Crippen molar-refractivity contribution >= 4 is 17.8 Å². The van der Waals surface area contributed by atoms with Crippen molar-refractivity contribution < 1.29 is 19.4 Å². The van der Waals surface area contributed by atoms with Crippen LogP contribution in [0.1, 0.15) is 13.8 Å². The SMILES string of the molecule is COc1n[nH]c(NC(=O)C2C(C(=O)O)C2(C)C)n1. The number of aromatic nitrogens is 3. The first-order chi connectivity index (χ1) is 8.37. The van der Waals surface area contributed by atoms with E-state index in [4.69, 9.17) is 9.84 Å². The van der Waals surface area contributed by atoms with Crippen molar-refractivity contribution in [3.05, 3.63) is 0 Å². The number of aromatic amines is 1. The van der Waals surface area contributed by atoms with E-state index in [1.807, 2.05) is 0 Å². The Morgan fingerprint density at radius 2 is 2.11 bits per heavy atom. The maximum absolute atomic E-state index is 11.9. The number of anilines is 1. The number of ether oxygens (including phenoxy) is 1. The lowest BCUT2D eigenvalue weighted by Gasteiger charge is -2.01. The number of H-pyrrole nitrogens is 1. The number of carbonyl (C=O) groups excluding carboxylic acids is 1. The van der Waals surface area contributed by atoms with Crippen LogP contribution in [0.3, 0.4) is 0 Å². The molecule has 2 atom stereocenters. The van der Waals surface area contributed by atoms with E-state index in [9.17, 15) is 9.59 Å². The average molecular weight is 254 g/mol. The smallest absolute Gasteiger partial charge is 0.336 e. The molecule has 1 aromatic rings. The summed E-state index contributed by atoms with van der Waals surface area (Å²) >= 11 is 0. The Morgan fingerprint density at radius 3 is 2.56 bits per heavy atom. The van der Waals surface area contributed by atoms with Gasteiger partial charge in [-0.2, -0.15) is 4.98 Å². The third-order valence-electron chi connectivity index (χ3n) is 3.26. The van der Waals surface area contributed by atoms with Crippen LogP contribution in [-0.4, -0.2) is 39.3 Å². The number of aliphatic carboxylic acids is 1. The first-order valence-corrected chi connectivity index (χ1v) is 5.38. The Morgan fingerprint density at radius 1 is 1.44 bits per heavy atom. The molecule has 1 saturated carbocycles. The van der Waals surface area contributed by atoms with E-state index in [2.05, 4.69) is 20.5 Å². The number of carboxylic acids is 1. The molecular weight excluding hydrogens is 240 g/mol. The molecule has 98 valence electrons. The molecule has 1 aliphatic carbocycles. The minimum atomic E-state index is -0.963. The van der Waals surface area contributed by atoms with Gasteiger partial charge in [-0.3, -0.25) is 14.9 Å². The predicted octanol–water partition coefficient (Wildman–Crippen LogP) is 0.109. The molecule has 0 spiro atoms. The number of hydrogen-bond donors (Lipinski definition) is 3. The van der Waals surface area contributed by atoms with Crippen LogP contribution >= 0.6 is 0 Å². The van der Waals surface area contributed by atoms with Gasteiger partial charge in [0.25, 0.3) is 0 Å². The monoisotopic (exact) mass is 254 g/mol. The Balaban J connectivity index is 2.03. The molecule has 1 heterocycles. The number of nitrogens with zero attached hydrogens (tertiary/aromatic N) is 2. The Hall–Kier alpha value is -2.12. The fourth-order valence-corrected chi connectivity index (χ4v) is 2.18. The molecule has 8 heteroatoms. The third kappa shape index (κ3) is 1.89. The van der Waals surface area contributed by atoms with Crippen LogP contribution in [0, 0.1) is 17.3 Å². The van der Waals surface area contributed by atoms with E-state index < -0.39 is 23.2 Å². The van der Waals surface area contributed by atoms with Gasteiger partial charge in [-0.1, -0.05) is 13.8 Å². The van der Waals surface area contributed by atoms with Gasteiger partial charge in [0.15, 0.2) is 0 Å². The number of methoxy groups -OCH3 is 1. The molecule has 0 bridgehead atoms. The molecule has 3 N–H and O–H groups in total. The fraction of sp³-hybridized carbons (Fsp3) is 0.600. The highest BCUT2D eigenvalue weighted by molar-refractivity contribution is 5.98. The number of nitrogens with one attached hydrogen (secondary N) is 2. The van der Waals surface area contributed by atoms with Gasteiger partial charge in [0.1, 0.15) is 0 Å². The quantitative estimate of drug-likeness (QED) is 0.702. The molecule has 1 amide bonds. The molecule has 1 aliphatic rings. The molecule has 0 radical (unpaired) electrons. The Labute approximate surface area is 103 Å².